The van der Waals surface area contributed by atoms with Gasteiger partial charge < -0.3 is 9.68 Å². The van der Waals surface area contributed by atoms with Crippen molar-refractivity contribution in [2.75, 3.05) is 0 Å². The number of fused-ring (bicyclic) bond motifs is 1. The third kappa shape index (κ3) is 1.77. The molecule has 2 nitrogen and oxygen atoms in total. The minimum absolute atomic E-state index is 0.261. The average molecular weight is 222 g/mol. The Labute approximate surface area is 94.7 Å². The lowest BCUT2D eigenvalue weighted by Gasteiger charge is -2.25. The first-order valence-electron chi connectivity index (χ1n) is 4.95. The van der Waals surface area contributed by atoms with E-state index in [0.29, 0.717) is 10.7 Å². The fourth-order valence-electron chi connectivity index (χ4n) is 1.81. The summed E-state index contributed by atoms with van der Waals surface area (Å²) in [6.07, 6.45) is 0. The first-order valence-corrected chi connectivity index (χ1v) is 5.32. The molecule has 0 amide bonds. The summed E-state index contributed by atoms with van der Waals surface area (Å²) in [5.74, 6) is 0.954. The molecule has 2 rings (SSSR count). The number of benzene rings is 1. The van der Waals surface area contributed by atoms with E-state index in [1.165, 1.54) is 0 Å². The van der Waals surface area contributed by atoms with Gasteiger partial charge in [-0.05, 0) is 17.6 Å². The molecule has 1 aromatic rings. The van der Waals surface area contributed by atoms with Gasteiger partial charge in [-0.2, -0.15) is 0 Å². The summed E-state index contributed by atoms with van der Waals surface area (Å²) in [6, 6.07) is 7.61. The third-order valence-electron chi connectivity index (χ3n) is 2.47. The average Bonchev–Trinajstić information content (AvgIpc) is 2.19. The summed E-state index contributed by atoms with van der Waals surface area (Å²) in [7, 11) is -1.03. The summed E-state index contributed by atoms with van der Waals surface area (Å²) in [6.45, 7) is 4.10. The second-order valence-electron chi connectivity index (χ2n) is 3.88. The minimum atomic E-state index is -1.03. The Bertz CT molecular complexity index is 415. The molecule has 15 heavy (non-hydrogen) atoms. The molecular weight excluding hydrogens is 210 g/mol. The second kappa shape index (κ2) is 3.91. The van der Waals surface area contributed by atoms with Crippen LogP contribution in [0.1, 0.15) is 19.4 Å². The zero-order valence-electron chi connectivity index (χ0n) is 8.70. The van der Waals surface area contributed by atoms with E-state index in [0.717, 1.165) is 11.1 Å². The smallest absolute Gasteiger partial charge is 0.531 e. The van der Waals surface area contributed by atoms with E-state index < -0.39 is 7.12 Å². The van der Waals surface area contributed by atoms with Crippen LogP contribution in [-0.2, 0) is 0 Å². The van der Waals surface area contributed by atoms with E-state index in [1.807, 2.05) is 38.1 Å². The Morgan fingerprint density at radius 2 is 2.00 bits per heavy atom. The van der Waals surface area contributed by atoms with Gasteiger partial charge in [0.1, 0.15) is 5.75 Å². The van der Waals surface area contributed by atoms with Crippen molar-refractivity contribution in [1.29, 1.82) is 0 Å². The van der Waals surface area contributed by atoms with Gasteiger partial charge in [0.15, 0.2) is 0 Å². The molecule has 0 spiro atoms. The van der Waals surface area contributed by atoms with Gasteiger partial charge in [0.2, 0.25) is 0 Å². The fourth-order valence-corrected chi connectivity index (χ4v) is 2.18. The first kappa shape index (κ1) is 10.6. The molecule has 1 aliphatic heterocycles. The molecule has 0 unspecified atom stereocenters. The largest absolute Gasteiger partial charge is 0.572 e. The van der Waals surface area contributed by atoms with Gasteiger partial charge in [-0.1, -0.05) is 43.6 Å². The molecule has 4 heteroatoms. The topological polar surface area (TPSA) is 29.5 Å². The van der Waals surface area contributed by atoms with Crippen molar-refractivity contribution < 1.29 is 9.68 Å². The SMILES string of the molecule is CC(C)C1=C(Cl)B(O)Oc2ccccc21. The number of allylic oxidation sites excluding steroid dienone is 1. The van der Waals surface area contributed by atoms with Crippen LogP contribution in [0.5, 0.6) is 5.75 Å². The van der Waals surface area contributed by atoms with Crippen LogP contribution in [0.25, 0.3) is 5.57 Å². The van der Waals surface area contributed by atoms with Crippen molar-refractivity contribution >= 4 is 24.3 Å². The quantitative estimate of drug-likeness (QED) is 0.740. The van der Waals surface area contributed by atoms with Gasteiger partial charge in [0.05, 0.1) is 4.93 Å². The van der Waals surface area contributed by atoms with E-state index in [-0.39, 0.29) is 5.92 Å². The number of halogens is 1. The molecule has 78 valence electrons. The standard InChI is InChI=1S/C11H12BClO2/c1-7(2)10-8-5-3-4-6-9(8)15-12(14)11(10)13/h3-7,14H,1-2H3. The predicted octanol–water partition coefficient (Wildman–Crippen LogP) is 2.70. The Hall–Kier alpha value is -0.925. The highest BCUT2D eigenvalue weighted by atomic mass is 35.5. The Morgan fingerprint density at radius 3 is 2.67 bits per heavy atom. The van der Waals surface area contributed by atoms with Crippen molar-refractivity contribution in [1.82, 2.24) is 0 Å². The lowest BCUT2D eigenvalue weighted by Crippen LogP contribution is -2.28. The molecule has 1 aromatic carbocycles. The van der Waals surface area contributed by atoms with Crippen molar-refractivity contribution in [3.05, 3.63) is 34.8 Å². The fraction of sp³-hybridized carbons (Fsp3) is 0.273. The van der Waals surface area contributed by atoms with E-state index in [4.69, 9.17) is 16.3 Å². The number of rotatable bonds is 1. The second-order valence-corrected chi connectivity index (χ2v) is 4.29. The zero-order valence-corrected chi connectivity index (χ0v) is 9.45. The van der Waals surface area contributed by atoms with Crippen LogP contribution >= 0.6 is 11.6 Å². The molecule has 0 aliphatic carbocycles. The van der Waals surface area contributed by atoms with Gasteiger partial charge in [0.25, 0.3) is 0 Å². The van der Waals surface area contributed by atoms with Gasteiger partial charge in [0, 0.05) is 5.56 Å². The molecule has 0 fully saturated rings. The van der Waals surface area contributed by atoms with Gasteiger partial charge in [-0.3, -0.25) is 0 Å². The molecule has 0 saturated carbocycles. The summed E-state index contributed by atoms with van der Waals surface area (Å²) >= 11 is 6.06. The number of hydrogen-bond acceptors (Lipinski definition) is 2. The van der Waals surface area contributed by atoms with E-state index in [2.05, 4.69) is 0 Å². The van der Waals surface area contributed by atoms with E-state index in [9.17, 15) is 5.02 Å². The minimum Gasteiger partial charge on any atom is -0.531 e. The molecule has 0 bridgehead atoms. The number of para-hydroxylation sites is 1. The van der Waals surface area contributed by atoms with Crippen molar-refractivity contribution in [3.8, 4) is 5.75 Å². The van der Waals surface area contributed by atoms with Crippen LogP contribution in [-0.4, -0.2) is 12.1 Å². The predicted molar refractivity (Wildman–Crippen MR) is 62.7 cm³/mol. The summed E-state index contributed by atoms with van der Waals surface area (Å²) < 4.78 is 5.29. The van der Waals surface area contributed by atoms with Crippen LogP contribution in [0, 0.1) is 5.92 Å². The van der Waals surface area contributed by atoms with Crippen molar-refractivity contribution in [2.24, 2.45) is 5.92 Å². The highest BCUT2D eigenvalue weighted by Gasteiger charge is 2.32. The van der Waals surface area contributed by atoms with Crippen LogP contribution in [0.15, 0.2) is 29.2 Å². The molecule has 1 heterocycles. The van der Waals surface area contributed by atoms with Crippen LogP contribution < -0.4 is 4.65 Å². The molecule has 0 saturated heterocycles. The van der Waals surface area contributed by atoms with Crippen LogP contribution in [0.3, 0.4) is 0 Å². The highest BCUT2D eigenvalue weighted by molar-refractivity contribution is 6.71. The highest BCUT2D eigenvalue weighted by Crippen LogP contribution is 2.39. The molecule has 1 aliphatic rings. The lowest BCUT2D eigenvalue weighted by molar-refractivity contribution is 0.425. The molecular formula is C11H12BClO2. The number of hydrogen-bond donors (Lipinski definition) is 1. The normalized spacial score (nSPS) is 15.4. The van der Waals surface area contributed by atoms with E-state index >= 15 is 0 Å². The van der Waals surface area contributed by atoms with Gasteiger partial charge >= 0.3 is 7.12 Å². The molecule has 0 radical (unpaired) electrons. The lowest BCUT2D eigenvalue weighted by atomic mass is 9.78. The molecule has 0 aromatic heterocycles. The summed E-state index contributed by atoms with van der Waals surface area (Å²) in [4.78, 5) is 0.392. The van der Waals surface area contributed by atoms with Gasteiger partial charge in [-0.15, -0.1) is 0 Å². The summed E-state index contributed by atoms with van der Waals surface area (Å²) in [5, 5.41) is 9.63. The Balaban J connectivity index is 2.60. The van der Waals surface area contributed by atoms with Crippen molar-refractivity contribution in [3.63, 3.8) is 0 Å². The Morgan fingerprint density at radius 1 is 1.33 bits per heavy atom. The van der Waals surface area contributed by atoms with Gasteiger partial charge in [-0.25, -0.2) is 0 Å². The monoisotopic (exact) mass is 222 g/mol. The maximum atomic E-state index is 9.63. The van der Waals surface area contributed by atoms with Crippen molar-refractivity contribution in [2.45, 2.75) is 13.8 Å². The maximum Gasteiger partial charge on any atom is 0.572 e. The molecule has 1 N–H and O–H groups in total. The Kier molecular flexibility index (Phi) is 2.76. The summed E-state index contributed by atoms with van der Waals surface area (Å²) in [5.41, 5.74) is 1.94. The van der Waals surface area contributed by atoms with E-state index in [1.54, 1.807) is 0 Å². The third-order valence-corrected chi connectivity index (χ3v) is 2.86. The zero-order chi connectivity index (χ0) is 11.0. The molecule has 0 atom stereocenters. The first-order chi connectivity index (χ1) is 7.11. The van der Waals surface area contributed by atoms with Crippen LogP contribution in [0.2, 0.25) is 0 Å². The van der Waals surface area contributed by atoms with Crippen LogP contribution in [0.4, 0.5) is 0 Å². The maximum absolute atomic E-state index is 9.63.